The molecule has 1 aromatic rings. The maximum absolute atomic E-state index is 12.3. The van der Waals surface area contributed by atoms with E-state index in [4.69, 9.17) is 9.47 Å². The molecule has 5 nitrogen and oxygen atoms in total. The number of ether oxygens (including phenoxy) is 2. The number of hydrogen-bond acceptors (Lipinski definition) is 3. The predicted octanol–water partition coefficient (Wildman–Crippen LogP) is 3.24. The van der Waals surface area contributed by atoms with Crippen LogP contribution in [0.1, 0.15) is 45.1 Å². The minimum absolute atomic E-state index is 0.116. The monoisotopic (exact) mass is 346 g/mol. The third-order valence-electron chi connectivity index (χ3n) is 4.82. The number of amides is 2. The summed E-state index contributed by atoms with van der Waals surface area (Å²) < 4.78 is 11.6. The minimum atomic E-state index is -0.417. The average Bonchev–Trinajstić information content (AvgIpc) is 3.40. The molecule has 1 saturated carbocycles. The number of rotatable bonds is 7. The van der Waals surface area contributed by atoms with E-state index in [9.17, 15) is 4.79 Å². The summed E-state index contributed by atoms with van der Waals surface area (Å²) >= 11 is 0. The second-order valence-electron chi connectivity index (χ2n) is 7.93. The molecule has 0 unspecified atom stereocenters. The fraction of sp³-hybridized carbons (Fsp3) is 0.650. The summed E-state index contributed by atoms with van der Waals surface area (Å²) in [5.74, 6) is 0.718. The van der Waals surface area contributed by atoms with Gasteiger partial charge >= 0.3 is 6.03 Å². The predicted molar refractivity (Wildman–Crippen MR) is 97.3 cm³/mol. The van der Waals surface area contributed by atoms with Crippen LogP contribution in [0.25, 0.3) is 0 Å². The van der Waals surface area contributed by atoms with Gasteiger partial charge in [0, 0.05) is 12.6 Å². The highest BCUT2D eigenvalue weighted by Crippen LogP contribution is 2.38. The number of hydrogen-bond donors (Lipinski definition) is 2. The Labute approximate surface area is 150 Å². The van der Waals surface area contributed by atoms with Gasteiger partial charge in [-0.15, -0.1) is 0 Å². The number of benzene rings is 1. The van der Waals surface area contributed by atoms with Crippen LogP contribution in [0, 0.1) is 5.92 Å². The number of urea groups is 1. The highest BCUT2D eigenvalue weighted by atomic mass is 16.5. The standard InChI is InChI=1S/C20H30N2O3/c1-20(2,14-24-13-15-6-4-3-5-7-15)22-19(23)21-17-10-11-25-18(12-17)16-8-9-16/h3-7,16-18H,8-14H2,1-2H3,(H2,21,22,23)/t17-,18+/m1/s1. The molecule has 1 saturated heterocycles. The van der Waals surface area contributed by atoms with Gasteiger partial charge in [-0.1, -0.05) is 30.3 Å². The molecule has 25 heavy (non-hydrogen) atoms. The van der Waals surface area contributed by atoms with E-state index in [2.05, 4.69) is 10.6 Å². The van der Waals surface area contributed by atoms with E-state index in [0.717, 1.165) is 30.9 Å². The topological polar surface area (TPSA) is 59.6 Å². The van der Waals surface area contributed by atoms with Crippen molar-refractivity contribution < 1.29 is 14.3 Å². The molecule has 1 heterocycles. The third kappa shape index (κ3) is 6.01. The van der Waals surface area contributed by atoms with Crippen LogP contribution >= 0.6 is 0 Å². The SMILES string of the molecule is CC(C)(COCc1ccccc1)NC(=O)N[C@@H]1CCO[C@H](C2CC2)C1. The summed E-state index contributed by atoms with van der Waals surface area (Å²) in [6, 6.07) is 10.2. The van der Waals surface area contributed by atoms with Gasteiger partial charge in [-0.2, -0.15) is 0 Å². The van der Waals surface area contributed by atoms with Gasteiger partial charge in [-0.3, -0.25) is 0 Å². The number of carbonyl (C=O) groups excluding carboxylic acids is 1. The quantitative estimate of drug-likeness (QED) is 0.797. The van der Waals surface area contributed by atoms with E-state index >= 15 is 0 Å². The first-order chi connectivity index (χ1) is 12.0. The first-order valence-corrected chi connectivity index (χ1v) is 9.34. The van der Waals surface area contributed by atoms with E-state index < -0.39 is 5.54 Å². The van der Waals surface area contributed by atoms with Crippen LogP contribution in [-0.4, -0.2) is 36.9 Å². The van der Waals surface area contributed by atoms with Crippen LogP contribution in [0.2, 0.25) is 0 Å². The molecule has 1 aromatic carbocycles. The largest absolute Gasteiger partial charge is 0.378 e. The lowest BCUT2D eigenvalue weighted by molar-refractivity contribution is -0.00941. The van der Waals surface area contributed by atoms with E-state index in [1.807, 2.05) is 44.2 Å². The van der Waals surface area contributed by atoms with Crippen LogP contribution in [0.5, 0.6) is 0 Å². The Morgan fingerprint density at radius 3 is 2.72 bits per heavy atom. The first-order valence-electron chi connectivity index (χ1n) is 9.34. The summed E-state index contributed by atoms with van der Waals surface area (Å²) in [5.41, 5.74) is 0.719. The molecule has 138 valence electrons. The number of carbonyl (C=O) groups is 1. The molecule has 2 aliphatic rings. The lowest BCUT2D eigenvalue weighted by Gasteiger charge is -2.32. The minimum Gasteiger partial charge on any atom is -0.378 e. The van der Waals surface area contributed by atoms with Crippen molar-refractivity contribution in [3.8, 4) is 0 Å². The molecular weight excluding hydrogens is 316 g/mol. The lowest BCUT2D eigenvalue weighted by Crippen LogP contribution is -2.54. The van der Waals surface area contributed by atoms with E-state index in [-0.39, 0.29) is 12.1 Å². The highest BCUT2D eigenvalue weighted by molar-refractivity contribution is 5.75. The fourth-order valence-electron chi connectivity index (χ4n) is 3.32. The molecule has 5 heteroatoms. The third-order valence-corrected chi connectivity index (χ3v) is 4.82. The van der Waals surface area contributed by atoms with Crippen LogP contribution < -0.4 is 10.6 Å². The highest BCUT2D eigenvalue weighted by Gasteiger charge is 2.36. The van der Waals surface area contributed by atoms with Crippen molar-refractivity contribution in [2.24, 2.45) is 5.92 Å². The van der Waals surface area contributed by atoms with Crippen molar-refractivity contribution in [2.45, 2.75) is 63.8 Å². The molecule has 0 spiro atoms. The fourth-order valence-corrected chi connectivity index (χ4v) is 3.32. The van der Waals surface area contributed by atoms with Gasteiger partial charge < -0.3 is 20.1 Å². The zero-order chi connectivity index (χ0) is 17.7. The van der Waals surface area contributed by atoms with E-state index in [1.54, 1.807) is 0 Å². The van der Waals surface area contributed by atoms with Gasteiger partial charge in [0.15, 0.2) is 0 Å². The average molecular weight is 346 g/mol. The second kappa shape index (κ2) is 8.19. The van der Waals surface area contributed by atoms with Gasteiger partial charge in [0.25, 0.3) is 0 Å². The molecule has 2 N–H and O–H groups in total. The van der Waals surface area contributed by atoms with Crippen LogP contribution in [0.15, 0.2) is 30.3 Å². The molecular formula is C20H30N2O3. The molecule has 2 amide bonds. The van der Waals surface area contributed by atoms with Crippen molar-refractivity contribution in [1.29, 1.82) is 0 Å². The van der Waals surface area contributed by atoms with Crippen molar-refractivity contribution in [3.05, 3.63) is 35.9 Å². The molecule has 0 aromatic heterocycles. The lowest BCUT2D eigenvalue weighted by atomic mass is 10.00. The van der Waals surface area contributed by atoms with Crippen molar-refractivity contribution in [3.63, 3.8) is 0 Å². The van der Waals surface area contributed by atoms with E-state index in [1.165, 1.54) is 12.8 Å². The van der Waals surface area contributed by atoms with Crippen molar-refractivity contribution in [1.82, 2.24) is 10.6 Å². The second-order valence-corrected chi connectivity index (χ2v) is 7.93. The zero-order valence-electron chi connectivity index (χ0n) is 15.3. The Kier molecular flexibility index (Phi) is 5.97. The number of nitrogens with one attached hydrogen (secondary N) is 2. The van der Waals surface area contributed by atoms with Gasteiger partial charge in [-0.25, -0.2) is 4.79 Å². The summed E-state index contributed by atoms with van der Waals surface area (Å²) in [7, 11) is 0. The summed E-state index contributed by atoms with van der Waals surface area (Å²) in [6.45, 7) is 5.73. The Hall–Kier alpha value is -1.59. The normalized spacial score (nSPS) is 23.9. The van der Waals surface area contributed by atoms with Crippen LogP contribution in [0.3, 0.4) is 0 Å². The molecule has 1 aliphatic carbocycles. The Bertz CT molecular complexity index is 557. The Balaban J connectivity index is 1.38. The molecule has 0 bridgehead atoms. The summed E-state index contributed by atoms with van der Waals surface area (Å²) in [6.07, 6.45) is 4.70. The van der Waals surface area contributed by atoms with Gasteiger partial charge in [0.05, 0.1) is 24.9 Å². The van der Waals surface area contributed by atoms with Crippen LogP contribution in [-0.2, 0) is 16.1 Å². The van der Waals surface area contributed by atoms with E-state index in [0.29, 0.717) is 19.3 Å². The molecule has 1 aliphatic heterocycles. The van der Waals surface area contributed by atoms with Gasteiger partial charge in [0.1, 0.15) is 0 Å². The first kappa shape index (κ1) is 18.2. The van der Waals surface area contributed by atoms with Crippen LogP contribution in [0.4, 0.5) is 4.79 Å². The maximum Gasteiger partial charge on any atom is 0.315 e. The van der Waals surface area contributed by atoms with Gasteiger partial charge in [-0.05, 0) is 51.0 Å². The Morgan fingerprint density at radius 2 is 2.00 bits per heavy atom. The van der Waals surface area contributed by atoms with Gasteiger partial charge in [0.2, 0.25) is 0 Å². The zero-order valence-corrected chi connectivity index (χ0v) is 15.3. The van der Waals surface area contributed by atoms with Crippen molar-refractivity contribution >= 4 is 6.03 Å². The van der Waals surface area contributed by atoms with Crippen molar-refractivity contribution in [2.75, 3.05) is 13.2 Å². The molecule has 0 radical (unpaired) electrons. The molecule has 2 atom stereocenters. The summed E-state index contributed by atoms with van der Waals surface area (Å²) in [4.78, 5) is 12.3. The smallest absolute Gasteiger partial charge is 0.315 e. The molecule has 3 rings (SSSR count). The summed E-state index contributed by atoms with van der Waals surface area (Å²) in [5, 5.41) is 6.14. The molecule has 2 fully saturated rings. The maximum atomic E-state index is 12.3. The Morgan fingerprint density at radius 1 is 1.24 bits per heavy atom.